The van der Waals surface area contributed by atoms with Crippen LogP contribution in [0.15, 0.2) is 23.0 Å². The fourth-order valence-corrected chi connectivity index (χ4v) is 3.49. The second kappa shape index (κ2) is 7.27. The van der Waals surface area contributed by atoms with Crippen molar-refractivity contribution in [2.75, 3.05) is 7.11 Å². The van der Waals surface area contributed by atoms with Crippen LogP contribution in [0.25, 0.3) is 10.9 Å². The second-order valence-corrected chi connectivity index (χ2v) is 6.57. The molecule has 24 heavy (non-hydrogen) atoms. The predicted octanol–water partition coefficient (Wildman–Crippen LogP) is 2.66. The third kappa shape index (κ3) is 3.57. The fraction of sp³-hybridized carbons (Fsp3) is 0.471. The SMILES string of the molecule is COC1CCCCCC1NC(=O)c1ccc2c(=O)[nH]c(=S)[nH]c2c1. The summed E-state index contributed by atoms with van der Waals surface area (Å²) in [5, 5.41) is 3.56. The van der Waals surface area contributed by atoms with Crippen LogP contribution in [-0.2, 0) is 4.74 Å². The number of aromatic nitrogens is 2. The zero-order valence-electron chi connectivity index (χ0n) is 13.6. The molecule has 1 aromatic heterocycles. The van der Waals surface area contributed by atoms with E-state index in [-0.39, 0.29) is 28.4 Å². The maximum atomic E-state index is 12.6. The molecule has 1 aromatic carbocycles. The molecular formula is C17H21N3O3S. The molecule has 0 radical (unpaired) electrons. The van der Waals surface area contributed by atoms with Gasteiger partial charge in [0.05, 0.1) is 23.0 Å². The van der Waals surface area contributed by atoms with E-state index in [2.05, 4.69) is 15.3 Å². The summed E-state index contributed by atoms with van der Waals surface area (Å²) in [6.45, 7) is 0. The Morgan fingerprint density at radius 3 is 2.83 bits per heavy atom. The average Bonchev–Trinajstić information content (AvgIpc) is 2.79. The summed E-state index contributed by atoms with van der Waals surface area (Å²) in [5.74, 6) is -0.162. The van der Waals surface area contributed by atoms with E-state index in [9.17, 15) is 9.59 Å². The standard InChI is InChI=1S/C17H21N3O3S/c1-23-14-6-4-2-3-5-12(14)18-15(21)10-7-8-11-13(9-10)19-17(24)20-16(11)22/h7-9,12,14H,2-6H2,1H3,(H,18,21)(H2,19,20,22,24). The molecule has 3 N–H and O–H groups in total. The van der Waals surface area contributed by atoms with Crippen LogP contribution in [0.4, 0.5) is 0 Å². The fourth-order valence-electron chi connectivity index (χ4n) is 3.28. The highest BCUT2D eigenvalue weighted by Gasteiger charge is 2.25. The molecule has 2 unspecified atom stereocenters. The number of nitrogens with one attached hydrogen (secondary N) is 3. The van der Waals surface area contributed by atoms with Gasteiger partial charge in [0, 0.05) is 12.7 Å². The minimum Gasteiger partial charge on any atom is -0.379 e. The van der Waals surface area contributed by atoms with Gasteiger partial charge in [-0.15, -0.1) is 0 Å². The van der Waals surface area contributed by atoms with E-state index in [1.807, 2.05) is 0 Å². The first-order valence-electron chi connectivity index (χ1n) is 8.18. The zero-order valence-corrected chi connectivity index (χ0v) is 14.4. The van der Waals surface area contributed by atoms with Crippen LogP contribution in [0.5, 0.6) is 0 Å². The summed E-state index contributed by atoms with van der Waals surface area (Å²) >= 11 is 4.98. The Kier molecular flexibility index (Phi) is 5.11. The lowest BCUT2D eigenvalue weighted by molar-refractivity contribution is 0.0568. The zero-order chi connectivity index (χ0) is 17.1. The van der Waals surface area contributed by atoms with Crippen molar-refractivity contribution >= 4 is 29.0 Å². The van der Waals surface area contributed by atoms with Crippen molar-refractivity contribution < 1.29 is 9.53 Å². The summed E-state index contributed by atoms with van der Waals surface area (Å²) < 4.78 is 5.79. The van der Waals surface area contributed by atoms with Gasteiger partial charge in [0.25, 0.3) is 11.5 Å². The van der Waals surface area contributed by atoms with Gasteiger partial charge < -0.3 is 15.0 Å². The predicted molar refractivity (Wildman–Crippen MR) is 94.9 cm³/mol. The quantitative estimate of drug-likeness (QED) is 0.588. The minimum atomic E-state index is -0.260. The first-order chi connectivity index (χ1) is 11.6. The van der Waals surface area contributed by atoms with E-state index in [1.54, 1.807) is 25.3 Å². The molecule has 1 aliphatic rings. The van der Waals surface area contributed by atoms with E-state index in [0.717, 1.165) is 25.7 Å². The molecule has 1 aliphatic carbocycles. The molecule has 7 heteroatoms. The Balaban J connectivity index is 1.85. The number of ether oxygens (including phenoxy) is 1. The lowest BCUT2D eigenvalue weighted by Gasteiger charge is -2.25. The Hall–Kier alpha value is -1.99. The van der Waals surface area contributed by atoms with Gasteiger partial charge in [-0.2, -0.15) is 0 Å². The highest BCUT2D eigenvalue weighted by atomic mass is 32.1. The normalized spacial score (nSPS) is 21.4. The van der Waals surface area contributed by atoms with E-state index < -0.39 is 0 Å². The topological polar surface area (TPSA) is 87.0 Å². The van der Waals surface area contributed by atoms with Crippen molar-refractivity contribution in [2.24, 2.45) is 0 Å². The van der Waals surface area contributed by atoms with Gasteiger partial charge in [-0.3, -0.25) is 14.6 Å². The number of amides is 1. The number of hydrogen-bond donors (Lipinski definition) is 3. The van der Waals surface area contributed by atoms with Crippen LogP contribution in [0.1, 0.15) is 42.5 Å². The molecule has 3 rings (SSSR count). The number of benzene rings is 1. The van der Waals surface area contributed by atoms with Crippen LogP contribution < -0.4 is 10.9 Å². The number of rotatable bonds is 3. The van der Waals surface area contributed by atoms with Crippen LogP contribution in [0, 0.1) is 4.77 Å². The molecule has 0 bridgehead atoms. The summed E-state index contributed by atoms with van der Waals surface area (Å²) in [5.41, 5.74) is 0.794. The number of carbonyl (C=O) groups is 1. The third-order valence-corrected chi connectivity index (χ3v) is 4.78. The van der Waals surface area contributed by atoms with Gasteiger partial charge >= 0.3 is 0 Å². The molecular weight excluding hydrogens is 326 g/mol. The van der Waals surface area contributed by atoms with Crippen LogP contribution in [0.2, 0.25) is 0 Å². The maximum Gasteiger partial charge on any atom is 0.259 e. The average molecular weight is 347 g/mol. The first-order valence-corrected chi connectivity index (χ1v) is 8.59. The molecule has 1 fully saturated rings. The Morgan fingerprint density at radius 2 is 2.04 bits per heavy atom. The molecule has 1 amide bonds. The van der Waals surface area contributed by atoms with E-state index in [4.69, 9.17) is 17.0 Å². The largest absolute Gasteiger partial charge is 0.379 e. The molecule has 1 heterocycles. The van der Waals surface area contributed by atoms with Crippen molar-refractivity contribution in [3.05, 3.63) is 38.9 Å². The van der Waals surface area contributed by atoms with E-state index >= 15 is 0 Å². The van der Waals surface area contributed by atoms with Gasteiger partial charge in [-0.25, -0.2) is 0 Å². The van der Waals surface area contributed by atoms with E-state index in [0.29, 0.717) is 16.5 Å². The van der Waals surface area contributed by atoms with Crippen LogP contribution in [0.3, 0.4) is 0 Å². The number of carbonyl (C=O) groups excluding carboxylic acids is 1. The van der Waals surface area contributed by atoms with Gasteiger partial charge in [-0.1, -0.05) is 19.3 Å². The Labute approximate surface area is 144 Å². The minimum absolute atomic E-state index is 0.0124. The van der Waals surface area contributed by atoms with Crippen molar-refractivity contribution in [3.8, 4) is 0 Å². The second-order valence-electron chi connectivity index (χ2n) is 6.16. The van der Waals surface area contributed by atoms with Gasteiger partial charge in [0.2, 0.25) is 0 Å². The molecule has 0 spiro atoms. The molecule has 2 atom stereocenters. The number of fused-ring (bicyclic) bond motifs is 1. The first kappa shape index (κ1) is 16.9. The Bertz CT molecular complexity index is 858. The van der Waals surface area contributed by atoms with Crippen molar-refractivity contribution in [3.63, 3.8) is 0 Å². The van der Waals surface area contributed by atoms with Crippen molar-refractivity contribution in [1.82, 2.24) is 15.3 Å². The Morgan fingerprint density at radius 1 is 1.25 bits per heavy atom. The molecule has 0 aliphatic heterocycles. The van der Waals surface area contributed by atoms with Gasteiger partial charge in [-0.05, 0) is 43.3 Å². The summed E-state index contributed by atoms with van der Waals surface area (Å²) in [6.07, 6.45) is 5.31. The maximum absolute atomic E-state index is 12.6. The molecule has 1 saturated carbocycles. The monoisotopic (exact) mass is 347 g/mol. The van der Waals surface area contributed by atoms with Gasteiger partial charge in [0.15, 0.2) is 4.77 Å². The number of H-pyrrole nitrogens is 2. The molecule has 2 aromatic rings. The summed E-state index contributed by atoms with van der Waals surface area (Å²) in [4.78, 5) is 29.9. The van der Waals surface area contributed by atoms with E-state index in [1.165, 1.54) is 6.42 Å². The highest BCUT2D eigenvalue weighted by molar-refractivity contribution is 7.71. The number of methoxy groups -OCH3 is 1. The number of hydrogen-bond acceptors (Lipinski definition) is 4. The van der Waals surface area contributed by atoms with Crippen LogP contribution >= 0.6 is 12.2 Å². The summed E-state index contributed by atoms with van der Waals surface area (Å²) in [7, 11) is 1.69. The van der Waals surface area contributed by atoms with Crippen molar-refractivity contribution in [1.29, 1.82) is 0 Å². The highest BCUT2D eigenvalue weighted by Crippen LogP contribution is 2.21. The number of aromatic amines is 2. The van der Waals surface area contributed by atoms with Gasteiger partial charge in [0.1, 0.15) is 0 Å². The lowest BCUT2D eigenvalue weighted by atomic mass is 10.0. The third-order valence-electron chi connectivity index (χ3n) is 4.57. The van der Waals surface area contributed by atoms with Crippen molar-refractivity contribution in [2.45, 2.75) is 44.2 Å². The molecule has 6 nitrogen and oxygen atoms in total. The van der Waals surface area contributed by atoms with Crippen LogP contribution in [-0.4, -0.2) is 35.1 Å². The molecule has 0 saturated heterocycles. The lowest BCUT2D eigenvalue weighted by Crippen LogP contribution is -2.43. The summed E-state index contributed by atoms with van der Waals surface area (Å²) in [6, 6.07) is 4.96. The smallest absolute Gasteiger partial charge is 0.259 e. The molecule has 128 valence electrons.